The lowest BCUT2D eigenvalue weighted by Crippen LogP contribution is -2.42. The van der Waals surface area contributed by atoms with E-state index in [4.69, 9.17) is 9.47 Å². The highest BCUT2D eigenvalue weighted by atomic mass is 16.7. The molecule has 1 aromatic heterocycles. The number of carbonyl (C=O) groups is 2. The second-order valence-electron chi connectivity index (χ2n) is 8.61. The van der Waals surface area contributed by atoms with Gasteiger partial charge in [0.25, 0.3) is 5.56 Å². The summed E-state index contributed by atoms with van der Waals surface area (Å²) in [5, 5.41) is 6.00. The number of nitrogens with zero attached hydrogens (tertiary/aromatic N) is 2. The molecule has 0 aliphatic carbocycles. The van der Waals surface area contributed by atoms with Crippen LogP contribution in [0.3, 0.4) is 0 Å². The van der Waals surface area contributed by atoms with Crippen molar-refractivity contribution in [3.8, 4) is 11.5 Å². The van der Waals surface area contributed by atoms with Gasteiger partial charge in [0.1, 0.15) is 6.54 Å². The first-order valence-electron chi connectivity index (χ1n) is 12.1. The molecule has 0 saturated heterocycles. The number of fused-ring (bicyclic) bond motifs is 2. The first kappa shape index (κ1) is 25.0. The van der Waals surface area contributed by atoms with Gasteiger partial charge in [-0.25, -0.2) is 4.79 Å². The van der Waals surface area contributed by atoms with Gasteiger partial charge in [-0.1, -0.05) is 25.1 Å². The summed E-state index contributed by atoms with van der Waals surface area (Å²) in [5.41, 5.74) is 0.286. The molecule has 0 bridgehead atoms. The van der Waals surface area contributed by atoms with Gasteiger partial charge in [0, 0.05) is 26.1 Å². The molecule has 190 valence electrons. The topological polar surface area (TPSA) is 121 Å². The van der Waals surface area contributed by atoms with E-state index in [0.717, 1.165) is 16.6 Å². The highest BCUT2D eigenvalue weighted by Gasteiger charge is 2.16. The minimum Gasteiger partial charge on any atom is -0.454 e. The molecule has 0 saturated carbocycles. The Kier molecular flexibility index (Phi) is 8.04. The minimum absolute atomic E-state index is 0.0424. The third kappa shape index (κ3) is 5.76. The van der Waals surface area contributed by atoms with E-state index < -0.39 is 11.2 Å². The number of para-hydroxylation sites is 1. The van der Waals surface area contributed by atoms with E-state index in [1.54, 1.807) is 36.4 Å². The molecule has 36 heavy (non-hydrogen) atoms. The first-order chi connectivity index (χ1) is 17.5. The number of hydrogen-bond donors (Lipinski definition) is 2. The fourth-order valence-corrected chi connectivity index (χ4v) is 4.08. The Morgan fingerprint density at radius 2 is 1.75 bits per heavy atom. The van der Waals surface area contributed by atoms with Crippen LogP contribution >= 0.6 is 0 Å². The third-order valence-corrected chi connectivity index (χ3v) is 5.97. The van der Waals surface area contributed by atoms with Crippen molar-refractivity contribution in [1.82, 2.24) is 19.8 Å². The summed E-state index contributed by atoms with van der Waals surface area (Å²) >= 11 is 0. The van der Waals surface area contributed by atoms with Crippen molar-refractivity contribution < 1.29 is 19.1 Å². The molecule has 10 nitrogen and oxygen atoms in total. The average molecular weight is 495 g/mol. The summed E-state index contributed by atoms with van der Waals surface area (Å²) < 4.78 is 13.1. The Labute approximate surface area is 207 Å². The van der Waals surface area contributed by atoms with E-state index >= 15 is 0 Å². The van der Waals surface area contributed by atoms with Gasteiger partial charge in [-0.2, -0.15) is 0 Å². The molecule has 2 aromatic carbocycles. The molecule has 0 fully saturated rings. The van der Waals surface area contributed by atoms with Crippen molar-refractivity contribution in [1.29, 1.82) is 0 Å². The van der Waals surface area contributed by atoms with E-state index in [1.165, 1.54) is 4.57 Å². The fourth-order valence-electron chi connectivity index (χ4n) is 4.08. The van der Waals surface area contributed by atoms with Crippen LogP contribution in [-0.4, -0.2) is 34.3 Å². The molecule has 3 aromatic rings. The van der Waals surface area contributed by atoms with Crippen LogP contribution in [-0.2, 0) is 29.2 Å². The second kappa shape index (κ2) is 11.6. The van der Waals surface area contributed by atoms with Crippen LogP contribution in [0.5, 0.6) is 11.5 Å². The quantitative estimate of drug-likeness (QED) is 0.393. The number of carbonyl (C=O) groups excluding carboxylic acids is 2. The highest BCUT2D eigenvalue weighted by Crippen LogP contribution is 2.32. The molecule has 1 aliphatic rings. The Morgan fingerprint density at radius 1 is 0.944 bits per heavy atom. The zero-order valence-corrected chi connectivity index (χ0v) is 20.2. The molecule has 4 rings (SSSR count). The predicted octanol–water partition coefficient (Wildman–Crippen LogP) is 1.90. The predicted molar refractivity (Wildman–Crippen MR) is 134 cm³/mol. The average Bonchev–Trinajstić information content (AvgIpc) is 3.36. The molecule has 2 N–H and O–H groups in total. The van der Waals surface area contributed by atoms with E-state index in [-0.39, 0.29) is 38.2 Å². The molecule has 0 unspecified atom stereocenters. The van der Waals surface area contributed by atoms with E-state index in [2.05, 4.69) is 10.6 Å². The van der Waals surface area contributed by atoms with Gasteiger partial charge >= 0.3 is 5.69 Å². The molecule has 1 aliphatic heterocycles. The maximum absolute atomic E-state index is 13.2. The maximum atomic E-state index is 13.2. The smallest absolute Gasteiger partial charge is 0.331 e. The number of hydrogen-bond acceptors (Lipinski definition) is 6. The zero-order valence-electron chi connectivity index (χ0n) is 20.2. The van der Waals surface area contributed by atoms with Crippen LogP contribution in [0.1, 0.15) is 38.2 Å². The van der Waals surface area contributed by atoms with Crippen molar-refractivity contribution in [3.05, 3.63) is 68.9 Å². The minimum atomic E-state index is -0.549. The summed E-state index contributed by atoms with van der Waals surface area (Å²) in [5.74, 6) is 0.878. The summed E-state index contributed by atoms with van der Waals surface area (Å²) in [4.78, 5) is 50.8. The largest absolute Gasteiger partial charge is 0.454 e. The van der Waals surface area contributed by atoms with Gasteiger partial charge in [0.2, 0.25) is 18.6 Å². The first-order valence-corrected chi connectivity index (χ1v) is 12.1. The lowest BCUT2D eigenvalue weighted by Gasteiger charge is -2.14. The van der Waals surface area contributed by atoms with Gasteiger partial charge in [0.15, 0.2) is 11.5 Å². The number of unbranched alkanes of at least 4 members (excludes halogenated alkanes) is 1. The van der Waals surface area contributed by atoms with Crippen molar-refractivity contribution in [2.24, 2.45) is 0 Å². The van der Waals surface area contributed by atoms with E-state index in [1.807, 2.05) is 13.0 Å². The van der Waals surface area contributed by atoms with Crippen LogP contribution in [0.2, 0.25) is 0 Å². The Bertz CT molecular complexity index is 1380. The van der Waals surface area contributed by atoms with Gasteiger partial charge < -0.3 is 20.1 Å². The molecular weight excluding hydrogens is 464 g/mol. The Morgan fingerprint density at radius 3 is 2.58 bits per heavy atom. The summed E-state index contributed by atoms with van der Waals surface area (Å²) in [6.45, 7) is 2.97. The van der Waals surface area contributed by atoms with Crippen molar-refractivity contribution in [3.63, 3.8) is 0 Å². The van der Waals surface area contributed by atoms with Crippen molar-refractivity contribution in [2.75, 3.05) is 13.3 Å². The molecular formula is C26H30N4O6. The highest BCUT2D eigenvalue weighted by molar-refractivity contribution is 5.81. The van der Waals surface area contributed by atoms with Gasteiger partial charge in [-0.05, 0) is 49.1 Å². The van der Waals surface area contributed by atoms with Crippen LogP contribution in [0, 0.1) is 0 Å². The fraction of sp³-hybridized carbons (Fsp3) is 0.385. The maximum Gasteiger partial charge on any atom is 0.331 e. The SMILES string of the molecule is CCCNC(=O)CCCCn1c(=O)c2ccccc2n(CC(=O)NCc2ccc3c(c2)OCO3)c1=O. The van der Waals surface area contributed by atoms with Crippen molar-refractivity contribution >= 4 is 22.7 Å². The van der Waals surface area contributed by atoms with Gasteiger partial charge in [-0.15, -0.1) is 0 Å². The zero-order chi connectivity index (χ0) is 25.5. The second-order valence-corrected chi connectivity index (χ2v) is 8.61. The standard InChI is InChI=1S/C26H30N4O6/c1-2-12-27-23(31)9-5-6-13-29-25(33)19-7-3-4-8-20(19)30(26(29)34)16-24(32)28-15-18-10-11-21-22(14-18)36-17-35-21/h3-4,7-8,10-11,14H,2,5-6,9,12-13,15-17H2,1H3,(H,27,31)(H,28,32). The molecule has 10 heteroatoms. The number of nitrogens with one attached hydrogen (secondary N) is 2. The number of amides is 2. The Hall–Kier alpha value is -4.08. The lowest BCUT2D eigenvalue weighted by molar-refractivity contribution is -0.122. The summed E-state index contributed by atoms with van der Waals surface area (Å²) in [6, 6.07) is 12.2. The molecule has 0 radical (unpaired) electrons. The van der Waals surface area contributed by atoms with Crippen LogP contribution in [0.15, 0.2) is 52.1 Å². The third-order valence-electron chi connectivity index (χ3n) is 5.97. The molecule has 2 heterocycles. The number of aromatic nitrogens is 2. The lowest BCUT2D eigenvalue weighted by atomic mass is 10.2. The van der Waals surface area contributed by atoms with Gasteiger partial charge in [-0.3, -0.25) is 23.5 Å². The van der Waals surface area contributed by atoms with Crippen molar-refractivity contribution in [2.45, 2.75) is 52.2 Å². The summed E-state index contributed by atoms with van der Waals surface area (Å²) in [6.07, 6.45) is 2.23. The molecule has 0 atom stereocenters. The molecule has 2 amide bonds. The van der Waals surface area contributed by atoms with Crippen LogP contribution in [0.4, 0.5) is 0 Å². The normalized spacial score (nSPS) is 12.0. The van der Waals surface area contributed by atoms with E-state index in [0.29, 0.717) is 48.2 Å². The van der Waals surface area contributed by atoms with E-state index in [9.17, 15) is 19.2 Å². The monoisotopic (exact) mass is 494 g/mol. The van der Waals surface area contributed by atoms with Crippen LogP contribution in [0.25, 0.3) is 10.9 Å². The summed E-state index contributed by atoms with van der Waals surface area (Å²) in [7, 11) is 0. The number of benzene rings is 2. The van der Waals surface area contributed by atoms with Gasteiger partial charge in [0.05, 0.1) is 10.9 Å². The number of ether oxygens (including phenoxy) is 2. The Balaban J connectivity index is 1.46. The van der Waals surface area contributed by atoms with Crippen LogP contribution < -0.4 is 31.4 Å². The number of rotatable bonds is 11. The molecule has 0 spiro atoms.